The Hall–Kier alpha value is -2.54. The molecule has 0 aliphatic carbocycles. The Morgan fingerprint density at radius 2 is 1.88 bits per heavy atom. The molecule has 0 saturated carbocycles. The monoisotopic (exact) mass is 347 g/mol. The minimum atomic E-state index is -1.08. The minimum absolute atomic E-state index is 0.129. The summed E-state index contributed by atoms with van der Waals surface area (Å²) in [7, 11) is -1.08. The van der Waals surface area contributed by atoms with Crippen molar-refractivity contribution in [3.05, 3.63) is 65.9 Å². The molecule has 0 fully saturated rings. The van der Waals surface area contributed by atoms with Crippen LogP contribution in [0.4, 0.5) is 14.5 Å². The van der Waals surface area contributed by atoms with Gasteiger partial charge in [0.05, 0.1) is 17.5 Å². The van der Waals surface area contributed by atoms with E-state index in [1.54, 1.807) is 24.5 Å². The first-order valence-electron chi connectivity index (χ1n) is 7.20. The molecule has 0 spiro atoms. The molecule has 3 rings (SSSR count). The van der Waals surface area contributed by atoms with Gasteiger partial charge in [-0.15, -0.1) is 0 Å². The number of rotatable bonds is 5. The van der Waals surface area contributed by atoms with Crippen molar-refractivity contribution in [2.75, 3.05) is 11.6 Å². The van der Waals surface area contributed by atoms with Crippen molar-refractivity contribution >= 4 is 16.5 Å². The molecule has 0 radical (unpaired) electrons. The van der Waals surface area contributed by atoms with Crippen molar-refractivity contribution in [2.24, 2.45) is 0 Å². The molecule has 24 heavy (non-hydrogen) atoms. The number of hydrogen-bond acceptors (Lipinski definition) is 3. The van der Waals surface area contributed by atoms with Crippen molar-refractivity contribution in [1.29, 1.82) is 0 Å². The minimum Gasteiger partial charge on any atom is -0.381 e. The molecule has 7 heteroatoms. The molecule has 0 amide bonds. The van der Waals surface area contributed by atoms with Crippen LogP contribution in [-0.4, -0.2) is 20.7 Å². The molecule has 1 heterocycles. The molecule has 1 atom stereocenters. The van der Waals surface area contributed by atoms with E-state index in [1.807, 2.05) is 6.07 Å². The lowest BCUT2D eigenvalue weighted by molar-refractivity contribution is 0.588. The number of H-pyrrole nitrogens is 1. The highest BCUT2D eigenvalue weighted by Gasteiger charge is 2.16. The summed E-state index contributed by atoms with van der Waals surface area (Å²) in [5.74, 6) is -1.30. The predicted molar refractivity (Wildman–Crippen MR) is 90.0 cm³/mol. The van der Waals surface area contributed by atoms with Gasteiger partial charge in [-0.1, -0.05) is 12.1 Å². The van der Waals surface area contributed by atoms with E-state index in [-0.39, 0.29) is 5.56 Å². The van der Waals surface area contributed by atoms with E-state index >= 15 is 0 Å². The largest absolute Gasteiger partial charge is 0.381 e. The quantitative estimate of drug-likeness (QED) is 0.740. The van der Waals surface area contributed by atoms with Gasteiger partial charge in [0.15, 0.2) is 0 Å². The second-order valence-corrected chi connectivity index (χ2v) is 6.58. The molecule has 0 aliphatic rings. The van der Waals surface area contributed by atoms with Crippen molar-refractivity contribution in [2.45, 2.75) is 11.4 Å². The van der Waals surface area contributed by atoms with E-state index < -0.39 is 22.4 Å². The van der Waals surface area contributed by atoms with Crippen LogP contribution in [-0.2, 0) is 17.3 Å². The number of benzene rings is 2. The number of nitrogens with zero attached hydrogens (tertiary/aromatic N) is 1. The van der Waals surface area contributed by atoms with Crippen LogP contribution in [0, 0.1) is 11.6 Å². The molecule has 2 N–H and O–H groups in total. The van der Waals surface area contributed by atoms with Gasteiger partial charge in [-0.3, -0.25) is 9.31 Å². The van der Waals surface area contributed by atoms with Crippen LogP contribution < -0.4 is 5.32 Å². The van der Waals surface area contributed by atoms with Crippen molar-refractivity contribution in [3.63, 3.8) is 0 Å². The lowest BCUT2D eigenvalue weighted by Crippen LogP contribution is -2.02. The SMILES string of the molecule is CS(=O)c1cccc(NCc2cn[nH]c2-c2c(F)cccc2F)c1. The fourth-order valence-electron chi connectivity index (χ4n) is 2.38. The van der Waals surface area contributed by atoms with Gasteiger partial charge in [-0.2, -0.15) is 5.10 Å². The second-order valence-electron chi connectivity index (χ2n) is 5.20. The first kappa shape index (κ1) is 16.3. The molecule has 1 aromatic heterocycles. The Balaban J connectivity index is 1.84. The third-order valence-electron chi connectivity index (χ3n) is 3.58. The Morgan fingerprint density at radius 3 is 2.58 bits per heavy atom. The van der Waals surface area contributed by atoms with E-state index in [0.29, 0.717) is 22.7 Å². The van der Waals surface area contributed by atoms with Gasteiger partial charge in [0.25, 0.3) is 0 Å². The molecular formula is C17H15F2N3OS. The van der Waals surface area contributed by atoms with Crippen LogP contribution in [0.5, 0.6) is 0 Å². The van der Waals surface area contributed by atoms with Gasteiger partial charge in [0.2, 0.25) is 0 Å². The summed E-state index contributed by atoms with van der Waals surface area (Å²) in [6, 6.07) is 10.9. The summed E-state index contributed by atoms with van der Waals surface area (Å²) in [6.45, 7) is 0.319. The maximum atomic E-state index is 14.0. The van der Waals surface area contributed by atoms with E-state index in [9.17, 15) is 13.0 Å². The molecule has 2 aromatic carbocycles. The molecule has 3 aromatic rings. The van der Waals surface area contributed by atoms with Crippen LogP contribution in [0.3, 0.4) is 0 Å². The Labute approximate surface area is 140 Å². The summed E-state index contributed by atoms with van der Waals surface area (Å²) in [4.78, 5) is 0.701. The standard InChI is InChI=1S/C17H15F2N3OS/c1-24(23)13-5-2-4-12(8-13)20-9-11-10-21-22-17(11)16-14(18)6-3-7-15(16)19/h2-8,10,20H,9H2,1H3,(H,21,22). The summed E-state index contributed by atoms with van der Waals surface area (Å²) in [6.07, 6.45) is 3.13. The third-order valence-corrected chi connectivity index (χ3v) is 4.50. The van der Waals surface area contributed by atoms with E-state index in [1.165, 1.54) is 24.4 Å². The number of halogens is 2. The van der Waals surface area contributed by atoms with Gasteiger partial charge in [0, 0.05) is 39.7 Å². The number of aromatic amines is 1. The van der Waals surface area contributed by atoms with Crippen LogP contribution in [0.1, 0.15) is 5.56 Å². The van der Waals surface area contributed by atoms with Crippen LogP contribution >= 0.6 is 0 Å². The molecular weight excluding hydrogens is 332 g/mol. The second kappa shape index (κ2) is 6.92. The molecule has 0 saturated heterocycles. The van der Waals surface area contributed by atoms with Crippen molar-refractivity contribution < 1.29 is 13.0 Å². The first-order valence-corrected chi connectivity index (χ1v) is 8.76. The Bertz CT molecular complexity index is 875. The van der Waals surface area contributed by atoms with Gasteiger partial charge >= 0.3 is 0 Å². The molecule has 0 bridgehead atoms. The molecule has 4 nitrogen and oxygen atoms in total. The average Bonchev–Trinajstić information content (AvgIpc) is 3.01. The molecule has 0 aliphatic heterocycles. The topological polar surface area (TPSA) is 57.8 Å². The fourth-order valence-corrected chi connectivity index (χ4v) is 2.94. The highest BCUT2D eigenvalue weighted by atomic mass is 32.2. The zero-order valence-corrected chi connectivity index (χ0v) is 13.7. The Kier molecular flexibility index (Phi) is 4.71. The average molecular weight is 347 g/mol. The van der Waals surface area contributed by atoms with E-state index in [4.69, 9.17) is 0 Å². The summed E-state index contributed by atoms with van der Waals surface area (Å²) in [5.41, 5.74) is 1.56. The highest BCUT2D eigenvalue weighted by molar-refractivity contribution is 7.84. The maximum Gasteiger partial charge on any atom is 0.135 e. The van der Waals surface area contributed by atoms with Gasteiger partial charge < -0.3 is 5.32 Å². The van der Waals surface area contributed by atoms with Crippen LogP contribution in [0.2, 0.25) is 0 Å². The van der Waals surface area contributed by atoms with Crippen molar-refractivity contribution in [3.8, 4) is 11.3 Å². The summed E-state index contributed by atoms with van der Waals surface area (Å²) in [5, 5.41) is 9.69. The van der Waals surface area contributed by atoms with Crippen LogP contribution in [0.25, 0.3) is 11.3 Å². The fraction of sp³-hybridized carbons (Fsp3) is 0.118. The number of anilines is 1. The first-order chi connectivity index (χ1) is 11.6. The zero-order valence-electron chi connectivity index (χ0n) is 12.8. The lowest BCUT2D eigenvalue weighted by atomic mass is 10.1. The number of hydrogen-bond donors (Lipinski definition) is 2. The van der Waals surface area contributed by atoms with Crippen LogP contribution in [0.15, 0.2) is 53.6 Å². The van der Waals surface area contributed by atoms with Gasteiger partial charge in [0.1, 0.15) is 11.6 Å². The van der Waals surface area contributed by atoms with E-state index in [0.717, 1.165) is 5.69 Å². The van der Waals surface area contributed by atoms with Gasteiger partial charge in [-0.25, -0.2) is 8.78 Å². The van der Waals surface area contributed by atoms with E-state index in [2.05, 4.69) is 15.5 Å². The smallest absolute Gasteiger partial charge is 0.135 e. The highest BCUT2D eigenvalue weighted by Crippen LogP contribution is 2.27. The summed E-state index contributed by atoms with van der Waals surface area (Å²) < 4.78 is 39.4. The lowest BCUT2D eigenvalue weighted by Gasteiger charge is -2.09. The predicted octanol–water partition coefficient (Wildman–Crippen LogP) is 3.70. The zero-order chi connectivity index (χ0) is 17.1. The summed E-state index contributed by atoms with van der Waals surface area (Å²) >= 11 is 0. The maximum absolute atomic E-state index is 14.0. The third kappa shape index (κ3) is 3.35. The molecule has 124 valence electrons. The molecule has 1 unspecified atom stereocenters. The normalized spacial score (nSPS) is 12.1. The van der Waals surface area contributed by atoms with Crippen molar-refractivity contribution in [1.82, 2.24) is 10.2 Å². The number of nitrogens with one attached hydrogen (secondary N) is 2. The Morgan fingerprint density at radius 1 is 1.17 bits per heavy atom. The van der Waals surface area contributed by atoms with Gasteiger partial charge in [-0.05, 0) is 30.3 Å². The number of aromatic nitrogens is 2.